The molecule has 2 atom stereocenters. The lowest BCUT2D eigenvalue weighted by molar-refractivity contribution is -0.145. The Bertz CT molecular complexity index is 246. The molecule has 2 unspecified atom stereocenters. The molecular weight excluding hydrogens is 228 g/mol. The Morgan fingerprint density at radius 2 is 2.22 bits per heavy atom. The first-order chi connectivity index (χ1) is 8.71. The van der Waals surface area contributed by atoms with Crippen LogP contribution in [-0.4, -0.2) is 49.7 Å². The van der Waals surface area contributed by atoms with E-state index in [1.807, 2.05) is 13.8 Å². The summed E-state index contributed by atoms with van der Waals surface area (Å²) >= 11 is 0. The Labute approximate surface area is 111 Å². The van der Waals surface area contributed by atoms with Crippen LogP contribution in [0.5, 0.6) is 0 Å². The number of nitrogens with zero attached hydrogens (tertiary/aromatic N) is 1. The van der Waals surface area contributed by atoms with Gasteiger partial charge in [0.2, 0.25) is 0 Å². The van der Waals surface area contributed by atoms with Crippen LogP contribution in [0.3, 0.4) is 0 Å². The minimum absolute atomic E-state index is 0.106. The summed E-state index contributed by atoms with van der Waals surface area (Å²) in [6, 6.07) is -0.143. The molecule has 1 saturated heterocycles. The van der Waals surface area contributed by atoms with Crippen LogP contribution in [0, 0.1) is 5.92 Å². The van der Waals surface area contributed by atoms with Gasteiger partial charge in [0, 0.05) is 13.1 Å². The van der Waals surface area contributed by atoms with E-state index in [9.17, 15) is 4.79 Å². The van der Waals surface area contributed by atoms with Crippen LogP contribution in [0.1, 0.15) is 40.0 Å². The molecule has 0 amide bonds. The van der Waals surface area contributed by atoms with E-state index in [0.717, 1.165) is 25.4 Å². The van der Waals surface area contributed by atoms with Crippen molar-refractivity contribution in [1.29, 1.82) is 0 Å². The Morgan fingerprint density at radius 1 is 1.44 bits per heavy atom. The van der Waals surface area contributed by atoms with Crippen LogP contribution in [0.25, 0.3) is 0 Å². The lowest BCUT2D eigenvalue weighted by Gasteiger charge is -2.20. The smallest absolute Gasteiger partial charge is 0.323 e. The highest BCUT2D eigenvalue weighted by Gasteiger charge is 2.24. The number of nitrogens with one attached hydrogen (secondary N) is 1. The van der Waals surface area contributed by atoms with Crippen molar-refractivity contribution >= 4 is 5.97 Å². The number of likely N-dealkylation sites (tertiary alicyclic amines) is 1. The molecule has 1 aliphatic heterocycles. The summed E-state index contributed by atoms with van der Waals surface area (Å²) in [7, 11) is 0. The fourth-order valence-corrected chi connectivity index (χ4v) is 2.55. The molecule has 0 radical (unpaired) electrons. The van der Waals surface area contributed by atoms with Gasteiger partial charge in [-0.05, 0) is 38.8 Å². The monoisotopic (exact) mass is 256 g/mol. The predicted molar refractivity (Wildman–Crippen MR) is 73.6 cm³/mol. The van der Waals surface area contributed by atoms with E-state index in [-0.39, 0.29) is 12.0 Å². The van der Waals surface area contributed by atoms with Crippen molar-refractivity contribution in [2.75, 3.05) is 32.8 Å². The van der Waals surface area contributed by atoms with Gasteiger partial charge in [-0.25, -0.2) is 0 Å². The quantitative estimate of drug-likeness (QED) is 0.671. The fourth-order valence-electron chi connectivity index (χ4n) is 2.55. The molecule has 18 heavy (non-hydrogen) atoms. The number of carbonyl (C=O) groups is 1. The van der Waals surface area contributed by atoms with E-state index in [1.165, 1.54) is 25.9 Å². The maximum absolute atomic E-state index is 11.8. The molecule has 0 saturated carbocycles. The number of carbonyl (C=O) groups excluding carboxylic acids is 1. The van der Waals surface area contributed by atoms with Crippen molar-refractivity contribution in [3.8, 4) is 0 Å². The third-order valence-electron chi connectivity index (χ3n) is 3.70. The number of hydrogen-bond acceptors (Lipinski definition) is 4. The largest absolute Gasteiger partial charge is 0.465 e. The molecular formula is C14H28N2O2. The zero-order chi connectivity index (χ0) is 13.4. The van der Waals surface area contributed by atoms with Gasteiger partial charge in [-0.15, -0.1) is 0 Å². The average Bonchev–Trinajstić information content (AvgIpc) is 2.82. The lowest BCUT2D eigenvalue weighted by Crippen LogP contribution is -2.40. The zero-order valence-electron chi connectivity index (χ0n) is 12.1. The van der Waals surface area contributed by atoms with E-state index in [4.69, 9.17) is 4.74 Å². The highest BCUT2D eigenvalue weighted by atomic mass is 16.5. The molecule has 0 bridgehead atoms. The van der Waals surface area contributed by atoms with Crippen molar-refractivity contribution < 1.29 is 9.53 Å². The molecule has 1 N–H and O–H groups in total. The Hall–Kier alpha value is -0.610. The van der Waals surface area contributed by atoms with Gasteiger partial charge >= 0.3 is 5.97 Å². The molecule has 4 nitrogen and oxygen atoms in total. The van der Waals surface area contributed by atoms with E-state index < -0.39 is 0 Å². The third kappa shape index (κ3) is 4.94. The topological polar surface area (TPSA) is 41.6 Å². The molecule has 1 aliphatic rings. The number of esters is 1. The van der Waals surface area contributed by atoms with E-state index in [1.54, 1.807) is 0 Å². The van der Waals surface area contributed by atoms with Crippen molar-refractivity contribution in [3.63, 3.8) is 0 Å². The van der Waals surface area contributed by atoms with Crippen LogP contribution < -0.4 is 5.32 Å². The molecule has 0 aliphatic carbocycles. The fraction of sp³-hybridized carbons (Fsp3) is 0.929. The lowest BCUT2D eigenvalue weighted by atomic mass is 10.1. The molecule has 106 valence electrons. The van der Waals surface area contributed by atoms with Crippen molar-refractivity contribution in [2.24, 2.45) is 5.92 Å². The first-order valence-corrected chi connectivity index (χ1v) is 7.33. The van der Waals surface area contributed by atoms with Crippen molar-refractivity contribution in [3.05, 3.63) is 0 Å². The number of ether oxygens (including phenoxy) is 1. The second-order valence-corrected chi connectivity index (χ2v) is 5.01. The average molecular weight is 256 g/mol. The molecule has 0 aromatic rings. The van der Waals surface area contributed by atoms with Crippen molar-refractivity contribution in [1.82, 2.24) is 10.2 Å². The van der Waals surface area contributed by atoms with E-state index in [2.05, 4.69) is 17.1 Å². The second kappa shape index (κ2) is 8.48. The maximum atomic E-state index is 11.8. The Balaban J connectivity index is 2.31. The predicted octanol–water partition coefficient (Wildman–Crippen LogP) is 1.65. The Kier molecular flexibility index (Phi) is 7.28. The first-order valence-electron chi connectivity index (χ1n) is 7.33. The van der Waals surface area contributed by atoms with Gasteiger partial charge in [0.1, 0.15) is 6.04 Å². The molecule has 4 heteroatoms. The van der Waals surface area contributed by atoms with E-state index in [0.29, 0.717) is 6.61 Å². The van der Waals surface area contributed by atoms with Crippen LogP contribution in [0.2, 0.25) is 0 Å². The summed E-state index contributed by atoms with van der Waals surface area (Å²) in [4.78, 5) is 14.2. The number of likely N-dealkylation sites (N-methyl/N-ethyl adjacent to an activating group) is 1. The Morgan fingerprint density at radius 3 is 2.78 bits per heavy atom. The summed E-state index contributed by atoms with van der Waals surface area (Å²) in [5, 5.41) is 3.22. The molecule has 1 fully saturated rings. The van der Waals surface area contributed by atoms with Gasteiger partial charge in [0.05, 0.1) is 6.61 Å². The van der Waals surface area contributed by atoms with Crippen molar-refractivity contribution in [2.45, 2.75) is 46.1 Å². The molecule has 1 rings (SSSR count). The van der Waals surface area contributed by atoms with Crippen LogP contribution in [0.15, 0.2) is 0 Å². The summed E-state index contributed by atoms with van der Waals surface area (Å²) in [5.41, 5.74) is 0. The van der Waals surface area contributed by atoms with Crippen LogP contribution in [0.4, 0.5) is 0 Å². The molecule has 0 aromatic heterocycles. The molecule has 1 heterocycles. The number of hydrogen-bond donors (Lipinski definition) is 1. The SMILES string of the molecule is CCNC(CCN1CCC(CC)C1)C(=O)OCC. The zero-order valence-corrected chi connectivity index (χ0v) is 12.1. The van der Waals surface area contributed by atoms with Gasteiger partial charge in [0.15, 0.2) is 0 Å². The normalized spacial score (nSPS) is 22.1. The van der Waals surface area contributed by atoms with Gasteiger partial charge in [-0.1, -0.05) is 20.3 Å². The van der Waals surface area contributed by atoms with E-state index >= 15 is 0 Å². The second-order valence-electron chi connectivity index (χ2n) is 5.01. The standard InChI is InChI=1S/C14H28N2O2/c1-4-12-7-9-16(11-12)10-8-13(15-5-2)14(17)18-6-3/h12-13,15H,4-11H2,1-3H3. The minimum atomic E-state index is -0.143. The third-order valence-corrected chi connectivity index (χ3v) is 3.70. The summed E-state index contributed by atoms with van der Waals surface area (Å²) in [5.74, 6) is 0.746. The van der Waals surface area contributed by atoms with Crippen LogP contribution in [-0.2, 0) is 9.53 Å². The van der Waals surface area contributed by atoms with Crippen LogP contribution >= 0.6 is 0 Å². The highest BCUT2D eigenvalue weighted by molar-refractivity contribution is 5.75. The highest BCUT2D eigenvalue weighted by Crippen LogP contribution is 2.19. The van der Waals surface area contributed by atoms with Gasteiger partial charge in [0.25, 0.3) is 0 Å². The summed E-state index contributed by atoms with van der Waals surface area (Å²) in [6.07, 6.45) is 3.43. The summed E-state index contributed by atoms with van der Waals surface area (Å²) < 4.78 is 5.09. The van der Waals surface area contributed by atoms with Gasteiger partial charge in [-0.2, -0.15) is 0 Å². The molecule has 0 spiro atoms. The number of rotatable bonds is 8. The van der Waals surface area contributed by atoms with Gasteiger partial charge < -0.3 is 15.0 Å². The maximum Gasteiger partial charge on any atom is 0.323 e. The summed E-state index contributed by atoms with van der Waals surface area (Å²) in [6.45, 7) is 10.8. The van der Waals surface area contributed by atoms with Gasteiger partial charge in [-0.3, -0.25) is 4.79 Å². The minimum Gasteiger partial charge on any atom is -0.465 e. The molecule has 0 aromatic carbocycles. The first kappa shape index (κ1) is 15.4.